The smallest absolute Gasteiger partial charge is 0.211 e. The number of rotatable bonds is 5. The van der Waals surface area contributed by atoms with Crippen LogP contribution in [-0.2, 0) is 4.79 Å². The van der Waals surface area contributed by atoms with Crippen LogP contribution in [0.1, 0.15) is 19.3 Å². The largest absolute Gasteiger partial charge is 0.386 e. The molecule has 0 unspecified atom stereocenters. The van der Waals surface area contributed by atoms with Crippen LogP contribution in [0, 0.1) is 0 Å². The minimum atomic E-state index is 0.680. The Morgan fingerprint density at radius 2 is 1.88 bits per heavy atom. The lowest BCUT2D eigenvalue weighted by Gasteiger charge is -2.30. The lowest BCUT2D eigenvalue weighted by Crippen LogP contribution is -2.29. The Kier molecular flexibility index (Phi) is 5.26. The molecule has 4 nitrogen and oxygen atoms in total. The van der Waals surface area contributed by atoms with Crippen LogP contribution in [0.15, 0.2) is 36.4 Å². The van der Waals surface area contributed by atoms with Gasteiger partial charge in [0.2, 0.25) is 6.41 Å². The van der Waals surface area contributed by atoms with E-state index < -0.39 is 0 Å². The summed E-state index contributed by atoms with van der Waals surface area (Å²) in [4.78, 5) is 13.1. The van der Waals surface area contributed by atoms with E-state index in [0.29, 0.717) is 6.41 Å². The average Bonchev–Trinajstić information content (AvgIpc) is 2.63. The van der Waals surface area contributed by atoms with Crippen LogP contribution in [0.25, 0.3) is 11.1 Å². The van der Waals surface area contributed by atoms with Gasteiger partial charge in [-0.05, 0) is 43.0 Å². The molecule has 0 spiro atoms. The van der Waals surface area contributed by atoms with Crippen LogP contribution in [0.2, 0.25) is 5.02 Å². The zero-order valence-electron chi connectivity index (χ0n) is 13.8. The zero-order valence-corrected chi connectivity index (χ0v) is 14.6. The highest BCUT2D eigenvalue weighted by Crippen LogP contribution is 2.38. The highest BCUT2D eigenvalue weighted by molar-refractivity contribution is 6.36. The Morgan fingerprint density at radius 1 is 1.08 bits per heavy atom. The summed E-state index contributed by atoms with van der Waals surface area (Å²) < 4.78 is 0. The van der Waals surface area contributed by atoms with Gasteiger partial charge in [0.05, 0.1) is 22.1 Å². The number of piperidine rings is 1. The number of anilines is 3. The maximum atomic E-state index is 10.7. The SMILES string of the molecule is CNc1cc(-c2cccc(N3CCCCC3)c2Cl)ccc1NC=O. The highest BCUT2D eigenvalue weighted by Gasteiger charge is 2.17. The number of carbonyl (C=O) groups excluding carboxylic acids is 1. The minimum absolute atomic E-state index is 0.680. The fourth-order valence-electron chi connectivity index (χ4n) is 3.23. The summed E-state index contributed by atoms with van der Waals surface area (Å²) in [7, 11) is 1.83. The molecule has 126 valence electrons. The molecule has 1 aliphatic heterocycles. The first kappa shape index (κ1) is 16.7. The molecule has 0 aliphatic carbocycles. The number of nitrogens with one attached hydrogen (secondary N) is 2. The van der Waals surface area contributed by atoms with Crippen molar-refractivity contribution >= 4 is 35.1 Å². The molecule has 1 aliphatic rings. The van der Waals surface area contributed by atoms with E-state index in [1.165, 1.54) is 19.3 Å². The molecule has 1 fully saturated rings. The van der Waals surface area contributed by atoms with Crippen molar-refractivity contribution in [1.82, 2.24) is 0 Å². The second-order valence-electron chi connectivity index (χ2n) is 5.96. The predicted octanol–water partition coefficient (Wildman–Crippen LogP) is 4.61. The van der Waals surface area contributed by atoms with Crippen LogP contribution in [0.4, 0.5) is 17.1 Å². The summed E-state index contributed by atoms with van der Waals surface area (Å²) >= 11 is 6.74. The maximum absolute atomic E-state index is 10.7. The van der Waals surface area contributed by atoms with E-state index in [4.69, 9.17) is 11.6 Å². The summed E-state index contributed by atoms with van der Waals surface area (Å²) in [6.07, 6.45) is 4.41. The molecule has 0 bridgehead atoms. The van der Waals surface area contributed by atoms with E-state index in [9.17, 15) is 4.79 Å². The molecule has 0 saturated carbocycles. The van der Waals surface area contributed by atoms with Crippen molar-refractivity contribution in [2.75, 3.05) is 35.7 Å². The van der Waals surface area contributed by atoms with E-state index in [1.807, 2.05) is 31.3 Å². The first-order valence-corrected chi connectivity index (χ1v) is 8.68. The van der Waals surface area contributed by atoms with E-state index in [2.05, 4.69) is 27.7 Å². The monoisotopic (exact) mass is 343 g/mol. The fourth-order valence-corrected chi connectivity index (χ4v) is 3.58. The van der Waals surface area contributed by atoms with Gasteiger partial charge in [0.1, 0.15) is 0 Å². The number of carbonyl (C=O) groups is 1. The van der Waals surface area contributed by atoms with Gasteiger partial charge in [-0.3, -0.25) is 4.79 Å². The van der Waals surface area contributed by atoms with Crippen LogP contribution >= 0.6 is 11.6 Å². The van der Waals surface area contributed by atoms with Gasteiger partial charge in [-0.1, -0.05) is 29.8 Å². The Labute approximate surface area is 147 Å². The average molecular weight is 344 g/mol. The summed E-state index contributed by atoms with van der Waals surface area (Å²) in [5.41, 5.74) is 4.75. The van der Waals surface area contributed by atoms with Crippen molar-refractivity contribution in [3.8, 4) is 11.1 Å². The Hall–Kier alpha value is -2.20. The number of hydrogen-bond acceptors (Lipinski definition) is 3. The van der Waals surface area contributed by atoms with Gasteiger partial charge in [0.15, 0.2) is 0 Å². The molecule has 0 atom stereocenters. The zero-order chi connectivity index (χ0) is 16.9. The van der Waals surface area contributed by atoms with Crippen LogP contribution in [-0.4, -0.2) is 26.5 Å². The van der Waals surface area contributed by atoms with Gasteiger partial charge in [0, 0.05) is 25.7 Å². The molecule has 1 saturated heterocycles. The van der Waals surface area contributed by atoms with Gasteiger partial charge < -0.3 is 15.5 Å². The number of halogens is 1. The van der Waals surface area contributed by atoms with Gasteiger partial charge in [-0.25, -0.2) is 0 Å². The normalized spacial score (nSPS) is 14.3. The Balaban J connectivity index is 1.98. The summed E-state index contributed by atoms with van der Waals surface area (Å²) in [6.45, 7) is 2.13. The van der Waals surface area contributed by atoms with Gasteiger partial charge >= 0.3 is 0 Å². The lowest BCUT2D eigenvalue weighted by atomic mass is 10.0. The quantitative estimate of drug-likeness (QED) is 0.779. The molecule has 1 amide bonds. The molecule has 2 N–H and O–H groups in total. The first-order valence-electron chi connectivity index (χ1n) is 8.30. The number of benzene rings is 2. The van der Waals surface area contributed by atoms with Crippen molar-refractivity contribution < 1.29 is 4.79 Å². The Morgan fingerprint density at radius 3 is 2.58 bits per heavy atom. The molecule has 2 aromatic rings. The third kappa shape index (κ3) is 3.34. The third-order valence-electron chi connectivity index (χ3n) is 4.49. The van der Waals surface area contributed by atoms with Crippen LogP contribution in [0.3, 0.4) is 0 Å². The second kappa shape index (κ2) is 7.58. The highest BCUT2D eigenvalue weighted by atomic mass is 35.5. The number of hydrogen-bond donors (Lipinski definition) is 2. The number of amides is 1. The van der Waals surface area contributed by atoms with E-state index in [1.54, 1.807) is 0 Å². The molecule has 0 radical (unpaired) electrons. The molecule has 5 heteroatoms. The molecule has 0 aromatic heterocycles. The van der Waals surface area contributed by atoms with Crippen LogP contribution in [0.5, 0.6) is 0 Å². The van der Waals surface area contributed by atoms with Crippen molar-refractivity contribution in [1.29, 1.82) is 0 Å². The second-order valence-corrected chi connectivity index (χ2v) is 6.34. The van der Waals surface area contributed by atoms with Gasteiger partial charge in [-0.2, -0.15) is 0 Å². The lowest BCUT2D eigenvalue weighted by molar-refractivity contribution is -0.105. The first-order chi connectivity index (χ1) is 11.7. The standard InChI is InChI=1S/C19H22ClN3O/c1-21-17-12-14(8-9-16(17)22-13-24)15-6-5-7-18(19(15)20)23-10-3-2-4-11-23/h5-9,12-13,21H,2-4,10-11H2,1H3,(H,22,24). The molecular formula is C19H22ClN3O. The van der Waals surface area contributed by atoms with Gasteiger partial charge in [0.25, 0.3) is 0 Å². The molecule has 2 aromatic carbocycles. The topological polar surface area (TPSA) is 44.4 Å². The van der Waals surface area contributed by atoms with E-state index >= 15 is 0 Å². The number of nitrogens with zero attached hydrogens (tertiary/aromatic N) is 1. The summed E-state index contributed by atoms with van der Waals surface area (Å²) in [5.74, 6) is 0. The van der Waals surface area contributed by atoms with Gasteiger partial charge in [-0.15, -0.1) is 0 Å². The predicted molar refractivity (Wildman–Crippen MR) is 102 cm³/mol. The third-order valence-corrected chi connectivity index (χ3v) is 4.89. The fraction of sp³-hybridized carbons (Fsp3) is 0.316. The molecule has 24 heavy (non-hydrogen) atoms. The molecule has 3 rings (SSSR count). The van der Waals surface area contributed by atoms with Crippen molar-refractivity contribution in [2.24, 2.45) is 0 Å². The van der Waals surface area contributed by atoms with Crippen molar-refractivity contribution in [3.63, 3.8) is 0 Å². The summed E-state index contributed by atoms with van der Waals surface area (Å²) in [6, 6.07) is 12.1. The minimum Gasteiger partial charge on any atom is -0.386 e. The van der Waals surface area contributed by atoms with Crippen molar-refractivity contribution in [3.05, 3.63) is 41.4 Å². The van der Waals surface area contributed by atoms with E-state index in [-0.39, 0.29) is 0 Å². The van der Waals surface area contributed by atoms with Crippen molar-refractivity contribution in [2.45, 2.75) is 19.3 Å². The van der Waals surface area contributed by atoms with Crippen LogP contribution < -0.4 is 15.5 Å². The Bertz CT molecular complexity index is 727. The maximum Gasteiger partial charge on any atom is 0.211 e. The van der Waals surface area contributed by atoms with E-state index in [0.717, 1.165) is 46.3 Å². The molecule has 1 heterocycles. The molecular weight excluding hydrogens is 322 g/mol. The summed E-state index contributed by atoms with van der Waals surface area (Å²) in [5, 5.41) is 6.60.